The molecule has 170 valence electrons. The molecule has 1 fully saturated rings. The number of anilines is 1. The second-order valence-corrected chi connectivity index (χ2v) is 7.34. The summed E-state index contributed by atoms with van der Waals surface area (Å²) in [5, 5.41) is 33.7. The Balaban J connectivity index is 1.90. The first-order chi connectivity index (χ1) is 15.9. The number of nitrogens with two attached hydrogens (primary N) is 1. The van der Waals surface area contributed by atoms with Gasteiger partial charge in [0.25, 0.3) is 10.2 Å². The summed E-state index contributed by atoms with van der Waals surface area (Å²) in [7, 11) is -4.92. The van der Waals surface area contributed by atoms with E-state index in [0.29, 0.717) is 12.1 Å². The maximum absolute atomic E-state index is 13.5. The van der Waals surface area contributed by atoms with Gasteiger partial charge in [-0.05, 0) is 28.5 Å². The highest BCUT2D eigenvalue weighted by Crippen LogP contribution is 2.34. The predicted octanol–water partition coefficient (Wildman–Crippen LogP) is -0.0533. The molecule has 31 heavy (non-hydrogen) atoms. The van der Waals surface area contributed by atoms with Crippen molar-refractivity contribution in [2.75, 3.05) is 24.9 Å². The van der Waals surface area contributed by atoms with Crippen LogP contribution in [0.15, 0.2) is 27.8 Å². The predicted molar refractivity (Wildman–Crippen MR) is 94.9 cm³/mol. The second kappa shape index (κ2) is 8.00. The lowest BCUT2D eigenvalue weighted by Gasteiger charge is -2.44. The molecule has 1 aliphatic rings. The SMILES string of the molecule is [2H]C1([2H])N(S(N)(=O)=O)C([2H])([2H])C1(O)CNc1nonc1C(=Nc1ccc(F)c(C(F)(F)F)c1)NO. The van der Waals surface area contributed by atoms with E-state index < -0.39 is 75.9 Å². The summed E-state index contributed by atoms with van der Waals surface area (Å²) in [6, 6.07) is 1.64. The van der Waals surface area contributed by atoms with E-state index in [-0.39, 0.29) is 4.31 Å². The number of aromatic nitrogens is 2. The van der Waals surface area contributed by atoms with Crippen LogP contribution in [0.1, 0.15) is 16.7 Å². The molecule has 0 radical (unpaired) electrons. The Morgan fingerprint density at radius 2 is 2.10 bits per heavy atom. The molecule has 17 heteroatoms. The Bertz CT molecular complexity index is 1260. The van der Waals surface area contributed by atoms with Gasteiger partial charge in [0.2, 0.25) is 5.82 Å². The van der Waals surface area contributed by atoms with E-state index in [1.54, 1.807) is 0 Å². The molecule has 2 aromatic rings. The van der Waals surface area contributed by atoms with Gasteiger partial charge in [0.15, 0.2) is 11.5 Å². The van der Waals surface area contributed by atoms with E-state index in [9.17, 15) is 36.3 Å². The van der Waals surface area contributed by atoms with Gasteiger partial charge in [-0.25, -0.2) is 19.2 Å². The lowest BCUT2D eigenvalue weighted by Crippen LogP contribution is -2.67. The number of aliphatic imine (C=N–C) groups is 1. The number of β-amino-alcohol motifs (C(OH)–C–C–N with tert-alkyl or cyclic N) is 1. The number of alkyl halides is 3. The highest BCUT2D eigenvalue weighted by molar-refractivity contribution is 7.86. The number of aliphatic hydroxyl groups is 1. The van der Waals surface area contributed by atoms with Gasteiger partial charge < -0.3 is 10.4 Å². The molecule has 0 unspecified atom stereocenters. The van der Waals surface area contributed by atoms with Crippen molar-refractivity contribution in [3.63, 3.8) is 0 Å². The van der Waals surface area contributed by atoms with E-state index in [2.05, 4.69) is 25.3 Å². The Morgan fingerprint density at radius 1 is 1.42 bits per heavy atom. The molecule has 3 rings (SSSR count). The van der Waals surface area contributed by atoms with E-state index in [0.717, 1.165) is 6.07 Å². The Morgan fingerprint density at radius 3 is 2.68 bits per heavy atom. The third-order valence-electron chi connectivity index (χ3n) is 3.65. The minimum absolute atomic E-state index is 0.329. The van der Waals surface area contributed by atoms with Crippen molar-refractivity contribution in [2.45, 2.75) is 11.8 Å². The monoisotopic (exact) mass is 473 g/mol. The molecule has 1 saturated heterocycles. The van der Waals surface area contributed by atoms with Crippen molar-refractivity contribution in [1.82, 2.24) is 20.1 Å². The number of rotatable bonds is 6. The van der Waals surface area contributed by atoms with E-state index >= 15 is 0 Å². The third-order valence-corrected chi connectivity index (χ3v) is 4.35. The van der Waals surface area contributed by atoms with Gasteiger partial charge in [-0.2, -0.15) is 25.9 Å². The first-order valence-corrected chi connectivity index (χ1v) is 9.36. The molecular weight excluding hydrogens is 454 g/mol. The minimum Gasteiger partial charge on any atom is -0.385 e. The zero-order valence-electron chi connectivity index (χ0n) is 18.8. The van der Waals surface area contributed by atoms with Gasteiger partial charge in [0, 0.05) is 25.0 Å². The third kappa shape index (κ3) is 5.07. The average molecular weight is 473 g/mol. The molecule has 1 aliphatic heterocycles. The fourth-order valence-electron chi connectivity index (χ4n) is 2.27. The van der Waals surface area contributed by atoms with E-state index in [1.807, 2.05) is 0 Å². The van der Waals surface area contributed by atoms with Crippen molar-refractivity contribution in [2.24, 2.45) is 10.1 Å². The molecule has 0 amide bonds. The topological polar surface area (TPSA) is 179 Å². The molecule has 1 aromatic carbocycles. The van der Waals surface area contributed by atoms with Crippen LogP contribution in [0.4, 0.5) is 29.1 Å². The molecular formula is C14H15F4N7O5S. The molecule has 0 saturated carbocycles. The summed E-state index contributed by atoms with van der Waals surface area (Å²) in [5.74, 6) is -2.81. The number of nitrogens with one attached hydrogen (secondary N) is 2. The number of nitrogens with zero attached hydrogens (tertiary/aromatic N) is 4. The standard InChI is InChI=1S/C14H15F4N7O5S/c15-9-2-1-7(3-8(9)14(16,17)18)21-12(22-27)10-11(24-30-23-10)20-4-13(26)5-25(6-13)31(19,28)29/h1-3,26-27H,4-6H2,(H,20,24)(H,21,22)(H2,19,28,29)/i5D2,6D2. The zero-order chi connectivity index (χ0) is 26.6. The number of benzene rings is 1. The number of halogens is 4. The molecule has 6 N–H and O–H groups in total. The van der Waals surface area contributed by atoms with Crippen LogP contribution < -0.4 is 15.9 Å². The first-order valence-electron chi connectivity index (χ1n) is 9.86. The molecule has 1 aromatic heterocycles. The van der Waals surface area contributed by atoms with Gasteiger partial charge >= 0.3 is 6.18 Å². The van der Waals surface area contributed by atoms with Gasteiger partial charge in [-0.3, -0.25) is 10.7 Å². The van der Waals surface area contributed by atoms with Gasteiger partial charge in [0.05, 0.1) is 11.3 Å². The number of amidine groups is 1. The molecule has 2 heterocycles. The lowest BCUT2D eigenvalue weighted by molar-refractivity contribution is -0.139. The summed E-state index contributed by atoms with van der Waals surface area (Å²) < 4.78 is 110. The Labute approximate surface area is 177 Å². The van der Waals surface area contributed by atoms with E-state index in [1.165, 1.54) is 5.48 Å². The molecule has 0 atom stereocenters. The maximum Gasteiger partial charge on any atom is 0.419 e. The molecule has 0 spiro atoms. The molecule has 0 aliphatic carbocycles. The smallest absolute Gasteiger partial charge is 0.385 e. The lowest BCUT2D eigenvalue weighted by atomic mass is 9.97. The number of hydrogen-bond donors (Lipinski definition) is 5. The van der Waals surface area contributed by atoms with Crippen molar-refractivity contribution in [3.8, 4) is 0 Å². The molecule has 12 nitrogen and oxygen atoms in total. The van der Waals surface area contributed by atoms with Gasteiger partial charge in [-0.1, -0.05) is 0 Å². The van der Waals surface area contributed by atoms with Crippen molar-refractivity contribution < 1.29 is 46.4 Å². The summed E-state index contributed by atoms with van der Waals surface area (Å²) in [4.78, 5) is 3.65. The summed E-state index contributed by atoms with van der Waals surface area (Å²) >= 11 is 0. The first kappa shape index (κ1) is 17.8. The van der Waals surface area contributed by atoms with Gasteiger partial charge in [-0.15, -0.1) is 0 Å². The Hall–Kier alpha value is -2.86. The van der Waals surface area contributed by atoms with Crippen LogP contribution in [-0.4, -0.2) is 64.3 Å². The number of hydroxylamine groups is 1. The van der Waals surface area contributed by atoms with Crippen molar-refractivity contribution >= 4 is 27.6 Å². The quantitative estimate of drug-likeness (QED) is 0.166. The maximum atomic E-state index is 13.5. The zero-order valence-corrected chi connectivity index (χ0v) is 15.7. The van der Waals surface area contributed by atoms with Crippen LogP contribution in [0.2, 0.25) is 0 Å². The van der Waals surface area contributed by atoms with Crippen molar-refractivity contribution in [3.05, 3.63) is 35.3 Å². The minimum atomic E-state index is -5.05. The van der Waals surface area contributed by atoms with Crippen LogP contribution >= 0.6 is 0 Å². The van der Waals surface area contributed by atoms with Crippen LogP contribution in [0.25, 0.3) is 0 Å². The summed E-state index contributed by atoms with van der Waals surface area (Å²) in [6.07, 6.45) is -5.05. The fourth-order valence-corrected chi connectivity index (χ4v) is 2.83. The molecule has 0 bridgehead atoms. The van der Waals surface area contributed by atoms with E-state index in [4.69, 9.17) is 10.6 Å². The normalized spacial score (nSPS) is 22.5. The summed E-state index contributed by atoms with van der Waals surface area (Å²) in [6.45, 7) is -7.53. The fraction of sp³-hybridized carbons (Fsp3) is 0.357. The highest BCUT2D eigenvalue weighted by atomic mass is 32.2. The number of hydrogen-bond acceptors (Lipinski definition) is 9. The van der Waals surface area contributed by atoms with Gasteiger partial charge in [0.1, 0.15) is 11.4 Å². The van der Waals surface area contributed by atoms with Crippen molar-refractivity contribution in [1.29, 1.82) is 0 Å². The van der Waals surface area contributed by atoms with Crippen LogP contribution in [0.3, 0.4) is 0 Å². The largest absolute Gasteiger partial charge is 0.419 e. The highest BCUT2D eigenvalue weighted by Gasteiger charge is 2.46. The Kier molecular flexibility index (Phi) is 4.59. The van der Waals surface area contributed by atoms with Crippen LogP contribution in [0.5, 0.6) is 0 Å². The summed E-state index contributed by atoms with van der Waals surface area (Å²) in [5.41, 5.74) is -4.22. The van der Waals surface area contributed by atoms with Crippen LogP contribution in [0, 0.1) is 5.82 Å². The second-order valence-electron chi connectivity index (χ2n) is 5.94. The van der Waals surface area contributed by atoms with Crippen LogP contribution in [-0.2, 0) is 16.4 Å². The average Bonchev–Trinajstić information content (AvgIpc) is 3.16.